The third kappa shape index (κ3) is 5.37. The van der Waals surface area contributed by atoms with Crippen molar-refractivity contribution in [3.8, 4) is 0 Å². The molecule has 2 N–H and O–H groups in total. The minimum Gasteiger partial charge on any atom is -0.360 e. The number of hydrogen-bond donors (Lipinski definition) is 2. The molecule has 39 heavy (non-hydrogen) atoms. The number of nitrogens with zero attached hydrogens (tertiary/aromatic N) is 2. The van der Waals surface area contributed by atoms with Crippen LogP contribution in [0, 0.1) is 17.5 Å². The monoisotopic (exact) mass is 552 g/mol. The van der Waals surface area contributed by atoms with E-state index >= 15 is 0 Å². The second kappa shape index (κ2) is 10.7. The summed E-state index contributed by atoms with van der Waals surface area (Å²) in [5.41, 5.74) is -0.251. The molecular weight excluding hydrogens is 533 g/mol. The Bertz CT molecular complexity index is 1840. The standard InChI is InChI=1S/C28H20ClF3N4O3/c29-21-12-33-23-10-22(30)19(9-20(21)23)11-34-28(39)18-6-7-25(38)36(15-18)14-17-5-4-16(26(31)27(17)32)13-35-8-2-1-3-24(35)37/h1-10,12,15,33H,11,13-14H2,(H,34,39). The molecule has 3 heterocycles. The summed E-state index contributed by atoms with van der Waals surface area (Å²) in [5, 5.41) is 3.61. The van der Waals surface area contributed by atoms with Gasteiger partial charge in [0.15, 0.2) is 11.6 Å². The van der Waals surface area contributed by atoms with Gasteiger partial charge in [0.25, 0.3) is 17.0 Å². The average molecular weight is 553 g/mol. The van der Waals surface area contributed by atoms with Crippen LogP contribution < -0.4 is 16.4 Å². The van der Waals surface area contributed by atoms with Crippen molar-refractivity contribution < 1.29 is 18.0 Å². The summed E-state index contributed by atoms with van der Waals surface area (Å²) in [4.78, 5) is 39.9. The van der Waals surface area contributed by atoms with Crippen molar-refractivity contribution in [2.24, 2.45) is 0 Å². The van der Waals surface area contributed by atoms with E-state index in [1.54, 1.807) is 12.1 Å². The molecule has 0 atom stereocenters. The Labute approximate surface area is 224 Å². The maximum atomic E-state index is 14.9. The van der Waals surface area contributed by atoms with Gasteiger partial charge in [-0.1, -0.05) is 29.8 Å². The lowest BCUT2D eigenvalue weighted by molar-refractivity contribution is 0.0949. The first-order valence-electron chi connectivity index (χ1n) is 11.8. The van der Waals surface area contributed by atoms with E-state index in [0.29, 0.717) is 15.9 Å². The molecule has 7 nitrogen and oxygen atoms in total. The number of H-pyrrole nitrogens is 1. The molecular formula is C28H20ClF3N4O3. The molecule has 0 aliphatic rings. The first-order valence-corrected chi connectivity index (χ1v) is 12.1. The maximum absolute atomic E-state index is 14.9. The highest BCUT2D eigenvalue weighted by Crippen LogP contribution is 2.26. The van der Waals surface area contributed by atoms with Crippen LogP contribution in [-0.4, -0.2) is 20.0 Å². The molecule has 0 radical (unpaired) electrons. The summed E-state index contributed by atoms with van der Waals surface area (Å²) in [6, 6.07) is 12.3. The number of carbonyl (C=O) groups is 1. The molecule has 198 valence electrons. The molecule has 5 aromatic rings. The maximum Gasteiger partial charge on any atom is 0.253 e. The van der Waals surface area contributed by atoms with Gasteiger partial charge in [-0.05, 0) is 24.3 Å². The summed E-state index contributed by atoms with van der Waals surface area (Å²) < 4.78 is 46.4. The smallest absolute Gasteiger partial charge is 0.253 e. The van der Waals surface area contributed by atoms with E-state index in [9.17, 15) is 27.6 Å². The topological polar surface area (TPSA) is 88.9 Å². The quantitative estimate of drug-likeness (QED) is 0.310. The SMILES string of the molecule is O=C(NCc1cc2c(Cl)c[nH]c2cc1F)c1ccc(=O)n(Cc2ccc(Cn3ccccc3=O)c(F)c2F)c1. The molecule has 3 aromatic heterocycles. The van der Waals surface area contributed by atoms with Gasteiger partial charge in [0.1, 0.15) is 5.82 Å². The van der Waals surface area contributed by atoms with Crippen molar-refractivity contribution in [3.05, 3.63) is 139 Å². The van der Waals surface area contributed by atoms with Gasteiger partial charge in [0.05, 0.1) is 23.7 Å². The highest BCUT2D eigenvalue weighted by Gasteiger charge is 2.16. The summed E-state index contributed by atoms with van der Waals surface area (Å²) >= 11 is 6.09. The number of pyridine rings is 2. The molecule has 0 bridgehead atoms. The van der Waals surface area contributed by atoms with Gasteiger partial charge in [-0.25, -0.2) is 13.2 Å². The zero-order chi connectivity index (χ0) is 27.7. The third-order valence-electron chi connectivity index (χ3n) is 6.31. The number of rotatable bonds is 7. The number of amides is 1. The van der Waals surface area contributed by atoms with Crippen LogP contribution in [0.15, 0.2) is 82.8 Å². The molecule has 0 spiro atoms. The Kier molecular flexibility index (Phi) is 7.12. The lowest BCUT2D eigenvalue weighted by atomic mass is 10.1. The molecule has 11 heteroatoms. The summed E-state index contributed by atoms with van der Waals surface area (Å²) in [7, 11) is 0. The predicted molar refractivity (Wildman–Crippen MR) is 140 cm³/mol. The Morgan fingerprint density at radius 1 is 0.872 bits per heavy atom. The number of aromatic amines is 1. The van der Waals surface area contributed by atoms with Crippen LogP contribution in [-0.2, 0) is 19.6 Å². The molecule has 0 aliphatic carbocycles. The number of fused-ring (bicyclic) bond motifs is 1. The largest absolute Gasteiger partial charge is 0.360 e. The van der Waals surface area contributed by atoms with Crippen LogP contribution in [0.5, 0.6) is 0 Å². The number of carbonyl (C=O) groups excluding carboxylic acids is 1. The normalized spacial score (nSPS) is 11.2. The van der Waals surface area contributed by atoms with Crippen LogP contribution in [0.25, 0.3) is 10.9 Å². The molecule has 0 unspecified atom stereocenters. The molecule has 0 saturated carbocycles. The molecule has 0 aliphatic heterocycles. The number of benzene rings is 2. The van der Waals surface area contributed by atoms with E-state index in [1.807, 2.05) is 0 Å². The Morgan fingerprint density at radius 2 is 1.56 bits per heavy atom. The number of aromatic nitrogens is 3. The van der Waals surface area contributed by atoms with Crippen molar-refractivity contribution in [3.63, 3.8) is 0 Å². The fraction of sp³-hybridized carbons (Fsp3) is 0.107. The highest BCUT2D eigenvalue weighted by molar-refractivity contribution is 6.35. The Hall–Kier alpha value is -4.57. The average Bonchev–Trinajstić information content (AvgIpc) is 3.28. The van der Waals surface area contributed by atoms with Crippen molar-refractivity contribution in [1.29, 1.82) is 0 Å². The Morgan fingerprint density at radius 3 is 2.28 bits per heavy atom. The van der Waals surface area contributed by atoms with Gasteiger partial charge in [-0.3, -0.25) is 14.4 Å². The van der Waals surface area contributed by atoms with Crippen LogP contribution in [0.2, 0.25) is 5.02 Å². The minimum atomic E-state index is -1.16. The fourth-order valence-corrected chi connectivity index (χ4v) is 4.40. The van der Waals surface area contributed by atoms with Gasteiger partial charge >= 0.3 is 0 Å². The first-order chi connectivity index (χ1) is 18.7. The lowest BCUT2D eigenvalue weighted by Crippen LogP contribution is -2.27. The fourth-order valence-electron chi connectivity index (χ4n) is 4.19. The molecule has 5 rings (SSSR count). The van der Waals surface area contributed by atoms with Crippen molar-refractivity contribution >= 4 is 28.4 Å². The predicted octanol–water partition coefficient (Wildman–Crippen LogP) is 4.59. The Balaban J connectivity index is 1.33. The molecule has 2 aromatic carbocycles. The van der Waals surface area contributed by atoms with Crippen LogP contribution >= 0.6 is 11.6 Å². The van der Waals surface area contributed by atoms with E-state index in [-0.39, 0.29) is 47.4 Å². The number of nitrogens with one attached hydrogen (secondary N) is 2. The van der Waals surface area contributed by atoms with Gasteiger partial charge in [0, 0.05) is 64.9 Å². The summed E-state index contributed by atoms with van der Waals surface area (Å²) in [6.45, 7) is -0.652. The molecule has 0 fully saturated rings. The van der Waals surface area contributed by atoms with Crippen LogP contribution in [0.1, 0.15) is 27.0 Å². The minimum absolute atomic E-state index is 0.0311. The number of halogens is 4. The van der Waals surface area contributed by atoms with E-state index < -0.39 is 28.9 Å². The molecule has 1 amide bonds. The first kappa shape index (κ1) is 26.1. The third-order valence-corrected chi connectivity index (χ3v) is 6.62. The van der Waals surface area contributed by atoms with E-state index in [4.69, 9.17) is 11.6 Å². The second-order valence-electron chi connectivity index (χ2n) is 8.87. The van der Waals surface area contributed by atoms with E-state index in [2.05, 4.69) is 10.3 Å². The highest BCUT2D eigenvalue weighted by atomic mass is 35.5. The van der Waals surface area contributed by atoms with Gasteiger partial charge in [-0.15, -0.1) is 0 Å². The number of hydrogen-bond acceptors (Lipinski definition) is 3. The van der Waals surface area contributed by atoms with Crippen LogP contribution in [0.4, 0.5) is 13.2 Å². The van der Waals surface area contributed by atoms with Crippen molar-refractivity contribution in [2.75, 3.05) is 0 Å². The molecule has 0 saturated heterocycles. The van der Waals surface area contributed by atoms with Gasteiger partial charge < -0.3 is 19.4 Å². The van der Waals surface area contributed by atoms with Gasteiger partial charge in [0.2, 0.25) is 0 Å². The second-order valence-corrected chi connectivity index (χ2v) is 9.28. The van der Waals surface area contributed by atoms with E-state index in [1.165, 1.54) is 59.6 Å². The summed E-state index contributed by atoms with van der Waals surface area (Å²) in [5.74, 6) is -3.43. The summed E-state index contributed by atoms with van der Waals surface area (Å²) in [6.07, 6.45) is 4.21. The van der Waals surface area contributed by atoms with E-state index in [0.717, 1.165) is 10.6 Å². The van der Waals surface area contributed by atoms with Crippen molar-refractivity contribution in [2.45, 2.75) is 19.6 Å². The zero-order valence-electron chi connectivity index (χ0n) is 20.2. The van der Waals surface area contributed by atoms with Crippen LogP contribution in [0.3, 0.4) is 0 Å². The van der Waals surface area contributed by atoms with Gasteiger partial charge in [-0.2, -0.15) is 0 Å². The lowest BCUT2D eigenvalue weighted by Gasteiger charge is -2.12. The van der Waals surface area contributed by atoms with Crippen molar-refractivity contribution in [1.82, 2.24) is 19.4 Å². The zero-order valence-corrected chi connectivity index (χ0v) is 20.9.